The average molecular weight is 689 g/mol. The Morgan fingerprint density at radius 1 is 1.00 bits per heavy atom. The Labute approximate surface area is 297 Å². The number of terminal acetylenes is 1. The summed E-state index contributed by atoms with van der Waals surface area (Å²) in [6, 6.07) is 11.4. The van der Waals surface area contributed by atoms with Crippen LogP contribution in [0.15, 0.2) is 42.5 Å². The van der Waals surface area contributed by atoms with Crippen molar-refractivity contribution in [1.82, 2.24) is 20.5 Å². The monoisotopic (exact) mass is 688 g/mol. The maximum atomic E-state index is 14.6. The molecule has 3 heterocycles. The van der Waals surface area contributed by atoms with Crippen LogP contribution >= 0.6 is 0 Å². The lowest BCUT2D eigenvalue weighted by Crippen LogP contribution is -2.48. The molecule has 0 radical (unpaired) electrons. The van der Waals surface area contributed by atoms with Crippen LogP contribution in [0.5, 0.6) is 0 Å². The van der Waals surface area contributed by atoms with Gasteiger partial charge >= 0.3 is 5.97 Å². The molecule has 9 heteroatoms. The van der Waals surface area contributed by atoms with Crippen LogP contribution in [0.4, 0.5) is 8.78 Å². The van der Waals surface area contributed by atoms with Gasteiger partial charge in [-0.25, -0.2) is 13.8 Å². The third-order valence-corrected chi connectivity index (χ3v) is 9.49. The number of benzene rings is 2. The molecule has 1 aliphatic carbocycles. The van der Waals surface area contributed by atoms with Crippen molar-refractivity contribution in [3.8, 4) is 24.0 Å². The number of piperidine rings is 2. The smallest absolute Gasteiger partial charge is 0.305 e. The molecule has 3 aliphatic rings. The Hall–Kier alpha value is -4.13. The number of carboxylic acid groups (broad SMARTS) is 1. The van der Waals surface area contributed by atoms with Crippen molar-refractivity contribution < 1.29 is 23.5 Å². The van der Waals surface area contributed by atoms with Gasteiger partial charge in [0.05, 0.1) is 6.42 Å². The highest BCUT2D eigenvalue weighted by molar-refractivity contribution is 5.92. The molecule has 2 bridgehead atoms. The van der Waals surface area contributed by atoms with Crippen LogP contribution in [0.2, 0.25) is 0 Å². The second-order valence-electron chi connectivity index (χ2n) is 14.1. The Balaban J connectivity index is 0.000000258. The minimum atomic E-state index is -1.01. The van der Waals surface area contributed by atoms with Gasteiger partial charge in [-0.3, -0.25) is 9.59 Å². The van der Waals surface area contributed by atoms with Crippen molar-refractivity contribution >= 4 is 11.9 Å². The zero-order valence-corrected chi connectivity index (χ0v) is 30.5. The molecule has 2 saturated heterocycles. The Kier molecular flexibility index (Phi) is 15.6. The van der Waals surface area contributed by atoms with Crippen LogP contribution < -0.4 is 10.6 Å². The fraction of sp³-hybridized carbons (Fsp3) is 0.488. The number of aromatic nitrogens is 1. The molecule has 0 unspecified atom stereocenters. The average Bonchev–Trinajstić information content (AvgIpc) is 3.05. The highest BCUT2D eigenvalue weighted by Crippen LogP contribution is 2.39. The highest BCUT2D eigenvalue weighted by Gasteiger charge is 2.36. The van der Waals surface area contributed by atoms with E-state index in [1.807, 2.05) is 18.2 Å². The van der Waals surface area contributed by atoms with Gasteiger partial charge in [-0.1, -0.05) is 19.9 Å². The van der Waals surface area contributed by atoms with E-state index in [2.05, 4.69) is 47.2 Å². The van der Waals surface area contributed by atoms with E-state index in [4.69, 9.17) is 5.11 Å². The van der Waals surface area contributed by atoms with Gasteiger partial charge in [0.1, 0.15) is 17.3 Å². The second kappa shape index (κ2) is 19.3. The van der Waals surface area contributed by atoms with Gasteiger partial charge in [0.25, 0.3) is 5.91 Å². The van der Waals surface area contributed by atoms with E-state index in [1.165, 1.54) is 44.6 Å². The fourth-order valence-electron chi connectivity index (χ4n) is 7.06. The molecule has 0 spiro atoms. The molecule has 2 aliphatic heterocycles. The summed E-state index contributed by atoms with van der Waals surface area (Å²) in [7, 11) is 1.60. The van der Waals surface area contributed by atoms with Gasteiger partial charge < -0.3 is 20.6 Å². The zero-order valence-electron chi connectivity index (χ0n) is 30.5. The summed E-state index contributed by atoms with van der Waals surface area (Å²) in [6.45, 7) is 14.1. The van der Waals surface area contributed by atoms with Crippen LogP contribution in [0, 0.1) is 63.0 Å². The molecular weight excluding hydrogens is 634 g/mol. The number of amides is 1. The summed E-state index contributed by atoms with van der Waals surface area (Å²) in [4.78, 5) is 30.4. The molecule has 270 valence electrons. The number of hydrogen-bond acceptors (Lipinski definition) is 5. The van der Waals surface area contributed by atoms with E-state index in [9.17, 15) is 18.4 Å². The number of carboxylic acids is 1. The molecule has 3 fully saturated rings. The van der Waals surface area contributed by atoms with E-state index in [1.54, 1.807) is 40.0 Å². The van der Waals surface area contributed by atoms with Gasteiger partial charge in [0.15, 0.2) is 0 Å². The SMILES string of the molecule is C#C.CC(C)CCNC(=O)c1cccc(CCCN2CC3CC(C3)C2)n1.CN[C@@H](CC(=O)O)c1cc(-c2c(C)cc(F)cc2C)cc(C)c1F. The van der Waals surface area contributed by atoms with E-state index in [-0.39, 0.29) is 18.1 Å². The molecule has 3 N–H and O–H groups in total. The topological polar surface area (TPSA) is 94.6 Å². The maximum Gasteiger partial charge on any atom is 0.305 e. The lowest BCUT2D eigenvalue weighted by Gasteiger charge is -2.47. The van der Waals surface area contributed by atoms with Gasteiger partial charge in [-0.2, -0.15) is 0 Å². The molecule has 2 aromatic carbocycles. The van der Waals surface area contributed by atoms with E-state index < -0.39 is 17.8 Å². The number of carbonyl (C=O) groups is 2. The number of hydrogen-bond donors (Lipinski definition) is 3. The standard InChI is InChI=1S/C20H31N3O.C19H21F2NO2.C2H2/c1-15(2)8-9-21-20(24)19-7-3-5-18(22-19)6-4-10-23-13-16-11-17(12-16)14-23;1-10-6-14(20)7-11(2)18(10)13-5-12(3)19(21)15(8-13)16(22-4)9-17(23)24;1-2/h3,5,7,15-17H,4,6,8-14H2,1-2H3,(H,21,24);5-8,16,22H,9H2,1-4H3,(H,23,24);1-2H/t;16-;/m.0./s1. The number of nitrogens with zero attached hydrogens (tertiary/aromatic N) is 2. The first kappa shape index (κ1) is 40.3. The van der Waals surface area contributed by atoms with Gasteiger partial charge in [-0.05, 0) is 148 Å². The van der Waals surface area contributed by atoms with Crippen molar-refractivity contribution in [3.63, 3.8) is 0 Å². The number of aryl methyl sites for hydroxylation is 4. The quantitative estimate of drug-likeness (QED) is 0.160. The summed E-state index contributed by atoms with van der Waals surface area (Å²) >= 11 is 0. The minimum absolute atomic E-state index is 0.0476. The molecule has 1 aromatic heterocycles. The third-order valence-electron chi connectivity index (χ3n) is 9.49. The highest BCUT2D eigenvalue weighted by atomic mass is 19.1. The van der Waals surface area contributed by atoms with Gasteiger partial charge in [0.2, 0.25) is 0 Å². The lowest BCUT2D eigenvalue weighted by atomic mass is 9.71. The molecule has 3 aromatic rings. The number of aliphatic carboxylic acids is 1. The van der Waals surface area contributed by atoms with Crippen molar-refractivity contribution in [3.05, 3.63) is 87.7 Å². The summed E-state index contributed by atoms with van der Waals surface area (Å²) in [5, 5.41) is 14.9. The fourth-order valence-corrected chi connectivity index (χ4v) is 7.06. The van der Waals surface area contributed by atoms with Crippen LogP contribution in [-0.4, -0.2) is 60.1 Å². The van der Waals surface area contributed by atoms with Crippen molar-refractivity contribution in [1.29, 1.82) is 0 Å². The number of fused-ring (bicyclic) bond motifs is 2. The minimum Gasteiger partial charge on any atom is -0.481 e. The molecule has 1 atom stereocenters. The van der Waals surface area contributed by atoms with Crippen LogP contribution in [-0.2, 0) is 11.2 Å². The van der Waals surface area contributed by atoms with E-state index >= 15 is 0 Å². The summed E-state index contributed by atoms with van der Waals surface area (Å²) in [5.74, 6) is 0.757. The molecule has 1 amide bonds. The van der Waals surface area contributed by atoms with Crippen molar-refractivity contribution in [2.45, 2.75) is 79.2 Å². The van der Waals surface area contributed by atoms with E-state index in [0.29, 0.717) is 22.7 Å². The normalized spacial score (nSPS) is 17.0. The Morgan fingerprint density at radius 3 is 2.22 bits per heavy atom. The first-order chi connectivity index (χ1) is 23.8. The first-order valence-corrected chi connectivity index (χ1v) is 17.6. The first-order valence-electron chi connectivity index (χ1n) is 17.6. The predicted octanol–water partition coefficient (Wildman–Crippen LogP) is 7.67. The molecule has 7 nitrogen and oxygen atoms in total. The number of halogens is 2. The zero-order chi connectivity index (χ0) is 37.0. The number of nitrogens with one attached hydrogen (secondary N) is 2. The summed E-state index contributed by atoms with van der Waals surface area (Å²) in [6.07, 6.45) is 13.8. The van der Waals surface area contributed by atoms with Crippen LogP contribution in [0.3, 0.4) is 0 Å². The van der Waals surface area contributed by atoms with Gasteiger partial charge in [0, 0.05) is 36.9 Å². The Bertz CT molecular complexity index is 1580. The van der Waals surface area contributed by atoms with E-state index in [0.717, 1.165) is 65.6 Å². The maximum absolute atomic E-state index is 14.6. The van der Waals surface area contributed by atoms with Gasteiger partial charge in [-0.15, -0.1) is 12.8 Å². The lowest BCUT2D eigenvalue weighted by molar-refractivity contribution is -0.137. The third kappa shape index (κ3) is 11.5. The second-order valence-corrected chi connectivity index (χ2v) is 14.1. The largest absolute Gasteiger partial charge is 0.481 e. The molecule has 1 saturated carbocycles. The summed E-state index contributed by atoms with van der Waals surface area (Å²) in [5.41, 5.74) is 5.42. The number of rotatable bonds is 13. The van der Waals surface area contributed by atoms with Crippen molar-refractivity contribution in [2.24, 2.45) is 17.8 Å². The Morgan fingerprint density at radius 2 is 1.64 bits per heavy atom. The molecular formula is C41H54F2N4O3. The van der Waals surface area contributed by atoms with Crippen LogP contribution in [0.1, 0.15) is 90.4 Å². The van der Waals surface area contributed by atoms with Crippen LogP contribution in [0.25, 0.3) is 11.1 Å². The van der Waals surface area contributed by atoms with Crippen molar-refractivity contribution in [2.75, 3.05) is 33.2 Å². The number of pyridine rings is 1. The number of carbonyl (C=O) groups excluding carboxylic acids is 1. The molecule has 50 heavy (non-hydrogen) atoms. The summed E-state index contributed by atoms with van der Waals surface area (Å²) < 4.78 is 28.1. The predicted molar refractivity (Wildman–Crippen MR) is 197 cm³/mol. The molecule has 6 rings (SSSR count).